The second-order valence-corrected chi connectivity index (χ2v) is 7.79. The van der Waals surface area contributed by atoms with Gasteiger partial charge in [-0.25, -0.2) is 9.78 Å². The average molecular weight is 480 g/mol. The SMILES string of the molecule is NC(=O)CC(NC(=O)C(Cc1cnc[nH]1)NC(=O)C(CC(N)=O)NC(=O)C1CCCN1)C(=O)O. The first-order valence-electron chi connectivity index (χ1n) is 10.5. The molecule has 0 spiro atoms. The fourth-order valence-corrected chi connectivity index (χ4v) is 3.36. The summed E-state index contributed by atoms with van der Waals surface area (Å²) in [6.45, 7) is 0.632. The third-order valence-corrected chi connectivity index (χ3v) is 5.05. The molecule has 1 fully saturated rings. The molecule has 15 heteroatoms. The molecule has 0 radical (unpaired) electrons. The van der Waals surface area contributed by atoms with Crippen LogP contribution in [0, 0.1) is 0 Å². The molecular formula is C19H28N8O7. The Bertz CT molecular complexity index is 914. The standard InChI is InChI=1S/C19H28N8O7/c20-14(28)5-12(26-16(30)10-2-1-3-23-10)18(32)25-11(4-9-7-22-8-24-9)17(31)27-13(19(33)34)6-15(21)29/h7-8,10-13,23H,1-6H2,(H2,20,28)(H2,21,29)(H,22,24)(H,25,32)(H,26,30)(H,27,31)(H,33,34). The van der Waals surface area contributed by atoms with Gasteiger partial charge in [0.1, 0.15) is 18.1 Å². The molecule has 0 saturated carbocycles. The van der Waals surface area contributed by atoms with E-state index in [9.17, 15) is 33.9 Å². The van der Waals surface area contributed by atoms with Crippen LogP contribution in [0.15, 0.2) is 12.5 Å². The summed E-state index contributed by atoms with van der Waals surface area (Å²) in [5.41, 5.74) is 10.7. The van der Waals surface area contributed by atoms with Crippen molar-refractivity contribution in [3.05, 3.63) is 18.2 Å². The quantitative estimate of drug-likeness (QED) is 0.137. The van der Waals surface area contributed by atoms with Crippen molar-refractivity contribution in [2.24, 2.45) is 11.5 Å². The number of hydrogen-bond donors (Lipinski definition) is 8. The van der Waals surface area contributed by atoms with Gasteiger partial charge in [0.05, 0.1) is 25.2 Å². The molecule has 34 heavy (non-hydrogen) atoms. The molecule has 1 aromatic heterocycles. The molecule has 2 rings (SSSR count). The van der Waals surface area contributed by atoms with E-state index in [1.165, 1.54) is 12.5 Å². The first kappa shape index (κ1) is 26.2. The van der Waals surface area contributed by atoms with E-state index >= 15 is 0 Å². The number of aliphatic carboxylic acids is 1. The second-order valence-electron chi connectivity index (χ2n) is 7.79. The van der Waals surface area contributed by atoms with Gasteiger partial charge >= 0.3 is 5.97 Å². The van der Waals surface area contributed by atoms with Crippen LogP contribution in [0.4, 0.5) is 0 Å². The Morgan fingerprint density at radius 3 is 2.15 bits per heavy atom. The fraction of sp³-hybridized carbons (Fsp3) is 0.526. The van der Waals surface area contributed by atoms with E-state index in [0.29, 0.717) is 18.7 Å². The predicted octanol–water partition coefficient (Wildman–Crippen LogP) is -4.01. The number of amides is 5. The van der Waals surface area contributed by atoms with Crippen molar-refractivity contribution in [1.82, 2.24) is 31.2 Å². The van der Waals surface area contributed by atoms with Gasteiger partial charge in [-0.2, -0.15) is 0 Å². The Labute approximate surface area is 193 Å². The van der Waals surface area contributed by atoms with E-state index in [-0.39, 0.29) is 6.42 Å². The summed E-state index contributed by atoms with van der Waals surface area (Å²) in [5.74, 6) is -5.62. The molecule has 0 bridgehead atoms. The van der Waals surface area contributed by atoms with Crippen LogP contribution in [-0.2, 0) is 35.2 Å². The summed E-state index contributed by atoms with van der Waals surface area (Å²) in [6.07, 6.45) is 2.72. The van der Waals surface area contributed by atoms with E-state index in [2.05, 4.69) is 31.2 Å². The van der Waals surface area contributed by atoms with E-state index in [1.54, 1.807) is 0 Å². The number of H-pyrrole nitrogens is 1. The Hall–Kier alpha value is -4.01. The predicted molar refractivity (Wildman–Crippen MR) is 114 cm³/mol. The second kappa shape index (κ2) is 12.3. The number of nitrogens with one attached hydrogen (secondary N) is 5. The minimum absolute atomic E-state index is 0.137. The number of carbonyl (C=O) groups is 6. The number of primary amides is 2. The lowest BCUT2D eigenvalue weighted by atomic mass is 10.1. The zero-order valence-corrected chi connectivity index (χ0v) is 18.2. The van der Waals surface area contributed by atoms with Gasteiger partial charge in [0.15, 0.2) is 0 Å². The first-order valence-corrected chi connectivity index (χ1v) is 10.5. The third kappa shape index (κ3) is 8.16. The summed E-state index contributed by atoms with van der Waals surface area (Å²) in [4.78, 5) is 78.7. The van der Waals surface area contributed by atoms with Crippen LogP contribution < -0.4 is 32.7 Å². The highest BCUT2D eigenvalue weighted by atomic mass is 16.4. The highest BCUT2D eigenvalue weighted by molar-refractivity contribution is 5.96. The number of carboxylic acids is 1. The number of rotatable bonds is 13. The van der Waals surface area contributed by atoms with Crippen molar-refractivity contribution in [1.29, 1.82) is 0 Å². The highest BCUT2D eigenvalue weighted by Gasteiger charge is 2.32. The Morgan fingerprint density at radius 1 is 1.00 bits per heavy atom. The molecular weight excluding hydrogens is 452 g/mol. The number of hydrogen-bond acceptors (Lipinski definition) is 8. The number of nitrogens with zero attached hydrogens (tertiary/aromatic N) is 1. The van der Waals surface area contributed by atoms with Gasteiger partial charge in [-0.3, -0.25) is 24.0 Å². The summed E-state index contributed by atoms with van der Waals surface area (Å²) < 4.78 is 0. The van der Waals surface area contributed by atoms with Crippen LogP contribution in [0.2, 0.25) is 0 Å². The lowest BCUT2D eigenvalue weighted by Crippen LogP contribution is -2.58. The van der Waals surface area contributed by atoms with Gasteiger partial charge in [-0.1, -0.05) is 0 Å². The largest absolute Gasteiger partial charge is 0.480 e. The van der Waals surface area contributed by atoms with Crippen LogP contribution in [0.25, 0.3) is 0 Å². The van der Waals surface area contributed by atoms with Gasteiger partial charge in [0.25, 0.3) is 0 Å². The Morgan fingerprint density at radius 2 is 1.62 bits per heavy atom. The molecule has 0 aliphatic carbocycles. The van der Waals surface area contributed by atoms with Crippen LogP contribution in [0.5, 0.6) is 0 Å². The van der Waals surface area contributed by atoms with E-state index in [4.69, 9.17) is 11.5 Å². The molecule has 0 aromatic carbocycles. The van der Waals surface area contributed by atoms with Crippen molar-refractivity contribution >= 4 is 35.5 Å². The first-order chi connectivity index (χ1) is 16.1. The molecule has 4 unspecified atom stereocenters. The van der Waals surface area contributed by atoms with Crippen LogP contribution >= 0.6 is 0 Å². The maximum atomic E-state index is 12.9. The summed E-state index contributed by atoms with van der Waals surface area (Å²) >= 11 is 0. The minimum Gasteiger partial charge on any atom is -0.480 e. The van der Waals surface area contributed by atoms with Gasteiger partial charge in [0, 0.05) is 18.3 Å². The highest BCUT2D eigenvalue weighted by Crippen LogP contribution is 2.07. The van der Waals surface area contributed by atoms with E-state index < -0.39 is 72.5 Å². The van der Waals surface area contributed by atoms with Crippen molar-refractivity contribution in [2.45, 2.75) is 56.3 Å². The molecule has 10 N–H and O–H groups in total. The number of aromatic nitrogens is 2. The topological polar surface area (TPSA) is 251 Å². The lowest BCUT2D eigenvalue weighted by Gasteiger charge is -2.24. The van der Waals surface area contributed by atoms with Crippen LogP contribution in [-0.4, -0.2) is 81.3 Å². The number of carbonyl (C=O) groups excluding carboxylic acids is 5. The summed E-state index contributed by atoms with van der Waals surface area (Å²) in [5, 5.41) is 19.2. The maximum Gasteiger partial charge on any atom is 0.326 e. The molecule has 1 aliphatic rings. The average Bonchev–Trinajstić information content (AvgIpc) is 3.45. The smallest absolute Gasteiger partial charge is 0.326 e. The number of carboxylic acid groups (broad SMARTS) is 1. The fourth-order valence-electron chi connectivity index (χ4n) is 3.36. The van der Waals surface area contributed by atoms with E-state index in [0.717, 1.165) is 6.42 Å². The minimum atomic E-state index is -1.62. The third-order valence-electron chi connectivity index (χ3n) is 5.05. The van der Waals surface area contributed by atoms with Crippen molar-refractivity contribution in [3.8, 4) is 0 Å². The molecule has 4 atom stereocenters. The number of imidazole rings is 1. The summed E-state index contributed by atoms with van der Waals surface area (Å²) in [7, 11) is 0. The molecule has 5 amide bonds. The van der Waals surface area contributed by atoms with Crippen molar-refractivity contribution in [2.75, 3.05) is 6.54 Å². The van der Waals surface area contributed by atoms with Gasteiger partial charge in [-0.05, 0) is 19.4 Å². The number of nitrogens with two attached hydrogens (primary N) is 2. The van der Waals surface area contributed by atoms with Crippen LogP contribution in [0.3, 0.4) is 0 Å². The number of aromatic amines is 1. The van der Waals surface area contributed by atoms with Gasteiger partial charge in [0.2, 0.25) is 29.5 Å². The molecule has 186 valence electrons. The molecule has 15 nitrogen and oxygen atoms in total. The normalized spacial score (nSPS) is 17.7. The van der Waals surface area contributed by atoms with Gasteiger partial charge < -0.3 is 42.8 Å². The maximum absolute atomic E-state index is 12.9. The lowest BCUT2D eigenvalue weighted by molar-refractivity contribution is -0.143. The van der Waals surface area contributed by atoms with Crippen molar-refractivity contribution < 1.29 is 33.9 Å². The molecule has 1 aliphatic heterocycles. The van der Waals surface area contributed by atoms with E-state index in [1.807, 2.05) is 0 Å². The Balaban J connectivity index is 2.17. The van der Waals surface area contributed by atoms with Crippen LogP contribution in [0.1, 0.15) is 31.4 Å². The zero-order valence-electron chi connectivity index (χ0n) is 18.2. The molecule has 1 aromatic rings. The van der Waals surface area contributed by atoms with Crippen molar-refractivity contribution in [3.63, 3.8) is 0 Å². The summed E-state index contributed by atoms with van der Waals surface area (Å²) in [6, 6.07) is -4.87. The molecule has 1 saturated heterocycles. The zero-order chi connectivity index (χ0) is 25.3. The van der Waals surface area contributed by atoms with Gasteiger partial charge in [-0.15, -0.1) is 0 Å². The molecule has 2 heterocycles. The monoisotopic (exact) mass is 480 g/mol. The Kier molecular flexibility index (Phi) is 9.49.